The van der Waals surface area contributed by atoms with Crippen molar-refractivity contribution in [1.82, 2.24) is 15.1 Å². The maximum atomic E-state index is 13.6. The van der Waals surface area contributed by atoms with Crippen LogP contribution in [0.1, 0.15) is 39.0 Å². The molecule has 0 saturated heterocycles. The minimum absolute atomic E-state index is 0.0738. The zero-order valence-electron chi connectivity index (χ0n) is 16.1. The fourth-order valence-electron chi connectivity index (χ4n) is 3.97. The Morgan fingerprint density at radius 3 is 2.73 bits per heavy atom. The van der Waals surface area contributed by atoms with Gasteiger partial charge in [0.25, 0.3) is 5.91 Å². The summed E-state index contributed by atoms with van der Waals surface area (Å²) in [5.41, 5.74) is 3.73. The van der Waals surface area contributed by atoms with Crippen LogP contribution in [0.3, 0.4) is 0 Å². The van der Waals surface area contributed by atoms with Gasteiger partial charge in [-0.2, -0.15) is 5.10 Å². The number of benzene rings is 2. The lowest BCUT2D eigenvalue weighted by Crippen LogP contribution is -2.29. The van der Waals surface area contributed by atoms with E-state index in [1.54, 1.807) is 47.6 Å². The first-order chi connectivity index (χ1) is 14.5. The number of carbonyl (C=O) groups is 1. The highest BCUT2D eigenvalue weighted by Gasteiger charge is 2.42. The molecule has 1 aliphatic rings. The Balaban J connectivity index is 1.69. The van der Waals surface area contributed by atoms with Crippen molar-refractivity contribution in [2.45, 2.75) is 19.5 Å². The molecule has 2 aromatic carbocycles. The number of carbonyl (C=O) groups excluding carboxylic acids is 1. The van der Waals surface area contributed by atoms with Crippen LogP contribution in [0.5, 0.6) is 5.75 Å². The van der Waals surface area contributed by atoms with Gasteiger partial charge in [-0.05, 0) is 48.9 Å². The van der Waals surface area contributed by atoms with Crippen LogP contribution in [-0.4, -0.2) is 26.1 Å². The molecule has 30 heavy (non-hydrogen) atoms. The van der Waals surface area contributed by atoms with E-state index < -0.39 is 6.04 Å². The summed E-state index contributed by atoms with van der Waals surface area (Å²) in [6.07, 6.45) is 1.56. The molecule has 0 spiro atoms. The molecule has 0 aliphatic carbocycles. The predicted octanol–water partition coefficient (Wildman–Crippen LogP) is 4.57. The number of nitrogens with one attached hydrogen (secondary N) is 1. The van der Waals surface area contributed by atoms with Gasteiger partial charge in [0, 0.05) is 11.1 Å². The maximum Gasteiger partial charge on any atom is 0.273 e. The van der Waals surface area contributed by atoms with Crippen molar-refractivity contribution in [2.75, 3.05) is 0 Å². The van der Waals surface area contributed by atoms with E-state index in [1.165, 1.54) is 12.1 Å². The zero-order chi connectivity index (χ0) is 20.8. The standard InChI is InChI=1S/C23H18FN3O3/c1-13-4-9-18(28)17(11-13)20-19-21(26-25-20)23(29)27(12-16-3-2-10-30-16)22(19)14-5-7-15(24)8-6-14/h2-11,22,28H,12H2,1H3,(H,25,26)/t22-/m1/s1. The number of furan rings is 1. The van der Waals surface area contributed by atoms with Gasteiger partial charge in [-0.25, -0.2) is 4.39 Å². The molecule has 1 atom stereocenters. The largest absolute Gasteiger partial charge is 0.507 e. The van der Waals surface area contributed by atoms with E-state index >= 15 is 0 Å². The number of amides is 1. The van der Waals surface area contributed by atoms with Crippen molar-refractivity contribution in [3.05, 3.63) is 94.8 Å². The molecule has 6 nitrogen and oxygen atoms in total. The number of aryl methyl sites for hydroxylation is 1. The van der Waals surface area contributed by atoms with E-state index in [4.69, 9.17) is 4.42 Å². The average Bonchev–Trinajstić information content (AvgIpc) is 3.45. The number of phenols is 1. The van der Waals surface area contributed by atoms with Crippen LogP contribution in [0.25, 0.3) is 11.3 Å². The second kappa shape index (κ2) is 6.88. The summed E-state index contributed by atoms with van der Waals surface area (Å²) in [5.74, 6) is 0.115. The molecule has 5 rings (SSSR count). The van der Waals surface area contributed by atoms with Crippen molar-refractivity contribution >= 4 is 5.91 Å². The van der Waals surface area contributed by atoms with E-state index in [0.29, 0.717) is 28.3 Å². The van der Waals surface area contributed by atoms with Crippen LogP contribution >= 0.6 is 0 Å². The minimum atomic E-state index is -0.508. The van der Waals surface area contributed by atoms with Crippen molar-refractivity contribution in [1.29, 1.82) is 0 Å². The Morgan fingerprint density at radius 2 is 2.00 bits per heavy atom. The van der Waals surface area contributed by atoms with Crippen LogP contribution in [0.2, 0.25) is 0 Å². The zero-order valence-corrected chi connectivity index (χ0v) is 16.1. The number of aromatic nitrogens is 2. The second-order valence-corrected chi connectivity index (χ2v) is 7.35. The molecular formula is C23H18FN3O3. The number of nitrogens with zero attached hydrogens (tertiary/aromatic N) is 2. The predicted molar refractivity (Wildman–Crippen MR) is 107 cm³/mol. The Morgan fingerprint density at radius 1 is 1.20 bits per heavy atom. The number of phenolic OH excluding ortho intramolecular Hbond substituents is 1. The molecule has 1 amide bonds. The number of halogens is 1. The fraction of sp³-hybridized carbons (Fsp3) is 0.130. The number of hydrogen-bond donors (Lipinski definition) is 2. The van der Waals surface area contributed by atoms with Gasteiger partial charge in [0.15, 0.2) is 0 Å². The van der Waals surface area contributed by atoms with E-state index in [2.05, 4.69) is 10.2 Å². The number of aromatic amines is 1. The van der Waals surface area contributed by atoms with E-state index in [1.807, 2.05) is 13.0 Å². The molecule has 0 unspecified atom stereocenters. The first kappa shape index (κ1) is 18.2. The summed E-state index contributed by atoms with van der Waals surface area (Å²) in [7, 11) is 0. The van der Waals surface area contributed by atoms with Crippen LogP contribution in [0, 0.1) is 12.7 Å². The van der Waals surface area contributed by atoms with Crippen LogP contribution in [-0.2, 0) is 6.54 Å². The van der Waals surface area contributed by atoms with Gasteiger partial charge in [0.1, 0.15) is 28.7 Å². The third-order valence-electron chi connectivity index (χ3n) is 5.36. The normalized spacial score (nSPS) is 15.6. The van der Waals surface area contributed by atoms with E-state index in [0.717, 1.165) is 11.1 Å². The first-order valence-corrected chi connectivity index (χ1v) is 9.50. The van der Waals surface area contributed by atoms with Crippen molar-refractivity contribution in [2.24, 2.45) is 0 Å². The summed E-state index contributed by atoms with van der Waals surface area (Å²) < 4.78 is 19.0. The lowest BCUT2D eigenvalue weighted by molar-refractivity contribution is 0.0717. The summed E-state index contributed by atoms with van der Waals surface area (Å²) in [6.45, 7) is 2.16. The lowest BCUT2D eigenvalue weighted by Gasteiger charge is -2.25. The van der Waals surface area contributed by atoms with Gasteiger partial charge in [0.2, 0.25) is 0 Å². The summed E-state index contributed by atoms with van der Waals surface area (Å²) in [4.78, 5) is 14.9. The maximum absolute atomic E-state index is 13.6. The van der Waals surface area contributed by atoms with Crippen LogP contribution in [0.15, 0.2) is 65.3 Å². The van der Waals surface area contributed by atoms with Gasteiger partial charge in [-0.15, -0.1) is 0 Å². The number of hydrogen-bond acceptors (Lipinski definition) is 4. The SMILES string of the molecule is Cc1ccc(O)c(-c2n[nH]c3c2[C@@H](c2ccc(F)cc2)N(Cc2ccco2)C3=O)c1. The van der Waals surface area contributed by atoms with Gasteiger partial charge >= 0.3 is 0 Å². The average molecular weight is 403 g/mol. The third-order valence-corrected chi connectivity index (χ3v) is 5.36. The highest BCUT2D eigenvalue weighted by molar-refractivity contribution is 6.00. The van der Waals surface area contributed by atoms with Crippen LogP contribution < -0.4 is 0 Å². The number of fused-ring (bicyclic) bond motifs is 1. The Labute approximate surface area is 171 Å². The topological polar surface area (TPSA) is 82.4 Å². The highest BCUT2D eigenvalue weighted by atomic mass is 19.1. The highest BCUT2D eigenvalue weighted by Crippen LogP contribution is 2.45. The first-order valence-electron chi connectivity index (χ1n) is 9.50. The summed E-state index contributed by atoms with van der Waals surface area (Å²) >= 11 is 0. The van der Waals surface area contributed by atoms with E-state index in [-0.39, 0.29) is 24.0 Å². The molecule has 150 valence electrons. The molecule has 7 heteroatoms. The molecule has 1 aliphatic heterocycles. The third kappa shape index (κ3) is 2.86. The van der Waals surface area contributed by atoms with Crippen LogP contribution in [0.4, 0.5) is 4.39 Å². The van der Waals surface area contributed by atoms with Crippen molar-refractivity contribution < 1.29 is 18.7 Å². The second-order valence-electron chi connectivity index (χ2n) is 7.35. The van der Waals surface area contributed by atoms with Crippen molar-refractivity contribution in [3.63, 3.8) is 0 Å². The fourth-order valence-corrected chi connectivity index (χ4v) is 3.97. The number of H-pyrrole nitrogens is 1. The Hall–Kier alpha value is -3.87. The molecule has 4 aromatic rings. The molecule has 2 N–H and O–H groups in total. The molecule has 2 aromatic heterocycles. The van der Waals surface area contributed by atoms with Gasteiger partial charge in [-0.3, -0.25) is 9.89 Å². The molecular weight excluding hydrogens is 385 g/mol. The van der Waals surface area contributed by atoms with Gasteiger partial charge < -0.3 is 14.4 Å². The minimum Gasteiger partial charge on any atom is -0.507 e. The quantitative estimate of drug-likeness (QED) is 0.523. The summed E-state index contributed by atoms with van der Waals surface area (Å²) in [5, 5.41) is 17.7. The van der Waals surface area contributed by atoms with Crippen molar-refractivity contribution in [3.8, 4) is 17.0 Å². The summed E-state index contributed by atoms with van der Waals surface area (Å²) in [6, 6.07) is 14.3. The smallest absolute Gasteiger partial charge is 0.273 e. The van der Waals surface area contributed by atoms with Gasteiger partial charge in [0.05, 0.1) is 18.8 Å². The monoisotopic (exact) mass is 403 g/mol. The Bertz CT molecular complexity index is 1230. The van der Waals surface area contributed by atoms with Gasteiger partial charge in [-0.1, -0.05) is 23.8 Å². The molecule has 0 bridgehead atoms. The van der Waals surface area contributed by atoms with E-state index in [9.17, 15) is 14.3 Å². The molecule has 3 heterocycles. The molecule has 0 radical (unpaired) electrons. The molecule has 0 saturated carbocycles. The number of aromatic hydroxyl groups is 1. The lowest BCUT2D eigenvalue weighted by atomic mass is 9.95. The Kier molecular flexibility index (Phi) is 4.17. The number of rotatable bonds is 4. The molecule has 0 fully saturated rings.